The van der Waals surface area contributed by atoms with Gasteiger partial charge in [0.2, 0.25) is 5.78 Å². The summed E-state index contributed by atoms with van der Waals surface area (Å²) in [7, 11) is 1.60. The van der Waals surface area contributed by atoms with E-state index in [0.29, 0.717) is 61.4 Å². The molecule has 0 spiro atoms. The Morgan fingerprint density at radius 3 is 2.26 bits per heavy atom. The molecule has 7 nitrogen and oxygen atoms in total. The number of carbonyl (C=O) groups is 1. The molecule has 1 aromatic heterocycles. The van der Waals surface area contributed by atoms with Crippen LogP contribution in [0.1, 0.15) is 112 Å². The van der Waals surface area contributed by atoms with E-state index in [2.05, 4.69) is 27.7 Å². The van der Waals surface area contributed by atoms with Gasteiger partial charge >= 0.3 is 0 Å². The Kier molecular flexibility index (Phi) is 15.3. The lowest BCUT2D eigenvalue weighted by Gasteiger charge is -2.42. The average Bonchev–Trinajstić information content (AvgIpc) is 3.52. The van der Waals surface area contributed by atoms with E-state index < -0.39 is 6.10 Å². The Morgan fingerprint density at radius 2 is 1.54 bits per heavy atom. The maximum absolute atomic E-state index is 14.2. The molecule has 1 aliphatic heterocycles. The van der Waals surface area contributed by atoms with Crippen LogP contribution in [0.3, 0.4) is 0 Å². The van der Waals surface area contributed by atoms with Gasteiger partial charge in [0.1, 0.15) is 23.7 Å². The van der Waals surface area contributed by atoms with Gasteiger partial charge in [0.25, 0.3) is 0 Å². The van der Waals surface area contributed by atoms with Gasteiger partial charge in [0.15, 0.2) is 0 Å². The zero-order chi connectivity index (χ0) is 32.7. The number of benzene rings is 2. The number of methoxy groups -OCH3 is 1. The van der Waals surface area contributed by atoms with Gasteiger partial charge in [0.05, 0.1) is 43.0 Å². The van der Waals surface area contributed by atoms with Crippen LogP contribution in [0.5, 0.6) is 11.5 Å². The van der Waals surface area contributed by atoms with E-state index in [1.54, 1.807) is 7.11 Å². The first kappa shape index (κ1) is 36.3. The molecule has 2 aromatic carbocycles. The molecule has 1 aliphatic rings. The van der Waals surface area contributed by atoms with Gasteiger partial charge in [-0.05, 0) is 49.3 Å². The molecule has 4 rings (SSSR count). The summed E-state index contributed by atoms with van der Waals surface area (Å²) in [6, 6.07) is 13.8. The number of carbonyl (C=O) groups excluding carboxylic acids is 1. The highest BCUT2D eigenvalue weighted by Crippen LogP contribution is 2.43. The van der Waals surface area contributed by atoms with E-state index in [-0.39, 0.29) is 24.1 Å². The van der Waals surface area contributed by atoms with Gasteiger partial charge in [-0.3, -0.25) is 4.79 Å². The van der Waals surface area contributed by atoms with Crippen molar-refractivity contribution in [3.8, 4) is 11.5 Å². The Morgan fingerprint density at radius 1 is 0.848 bits per heavy atom. The SMILES string of the molecule is CCCCOC[C@@H]1C[C@H](OCCCC)[C@@H](OCCCC)[C@H](c2cc(C(=O)c3cc4ccccc4s3)c(OC)cc2OCCCC)O1. The molecule has 0 N–H and O–H groups in total. The Bertz CT molecular complexity index is 1300. The average molecular weight is 655 g/mol. The van der Waals surface area contributed by atoms with E-state index in [1.807, 2.05) is 42.5 Å². The van der Waals surface area contributed by atoms with Gasteiger partial charge in [-0.15, -0.1) is 11.3 Å². The number of unbranched alkanes of at least 4 members (excludes halogenated alkanes) is 4. The molecule has 0 saturated carbocycles. The molecule has 2 heterocycles. The predicted octanol–water partition coefficient (Wildman–Crippen LogP) is 9.34. The van der Waals surface area contributed by atoms with Gasteiger partial charge < -0.3 is 28.4 Å². The third-order valence-corrected chi connectivity index (χ3v) is 9.49. The summed E-state index contributed by atoms with van der Waals surface area (Å²) in [5, 5.41) is 1.05. The van der Waals surface area contributed by atoms with E-state index in [9.17, 15) is 4.79 Å². The third kappa shape index (κ3) is 9.77. The fourth-order valence-corrected chi connectivity index (χ4v) is 6.69. The Labute approximate surface area is 279 Å². The summed E-state index contributed by atoms with van der Waals surface area (Å²) < 4.78 is 39.5. The molecular weight excluding hydrogens is 600 g/mol. The van der Waals surface area contributed by atoms with Crippen LogP contribution < -0.4 is 9.47 Å². The smallest absolute Gasteiger partial charge is 0.206 e. The molecule has 4 atom stereocenters. The van der Waals surface area contributed by atoms with Crippen LogP contribution in [-0.4, -0.2) is 64.2 Å². The highest BCUT2D eigenvalue weighted by Gasteiger charge is 2.43. The maximum Gasteiger partial charge on any atom is 0.206 e. The number of ketones is 1. The van der Waals surface area contributed by atoms with Gasteiger partial charge in [-0.1, -0.05) is 71.6 Å². The van der Waals surface area contributed by atoms with Crippen molar-refractivity contribution in [3.63, 3.8) is 0 Å². The van der Waals surface area contributed by atoms with Crippen LogP contribution in [0.4, 0.5) is 0 Å². The molecule has 1 fully saturated rings. The monoisotopic (exact) mass is 654 g/mol. The third-order valence-electron chi connectivity index (χ3n) is 8.37. The van der Waals surface area contributed by atoms with E-state index in [4.69, 9.17) is 28.4 Å². The molecule has 254 valence electrons. The minimum atomic E-state index is -0.520. The molecule has 0 radical (unpaired) electrons. The van der Waals surface area contributed by atoms with Crippen LogP contribution in [0.2, 0.25) is 0 Å². The normalized spacial score (nSPS) is 19.8. The number of rotatable bonds is 21. The minimum absolute atomic E-state index is 0.0890. The first-order chi connectivity index (χ1) is 22.5. The lowest BCUT2D eigenvalue weighted by Crippen LogP contribution is -2.48. The largest absolute Gasteiger partial charge is 0.496 e. The summed E-state index contributed by atoms with van der Waals surface area (Å²) in [6.07, 6.45) is 7.39. The van der Waals surface area contributed by atoms with Gasteiger partial charge in [-0.25, -0.2) is 0 Å². The van der Waals surface area contributed by atoms with Crippen LogP contribution in [0.25, 0.3) is 10.1 Å². The number of thiophene rings is 1. The molecule has 0 bridgehead atoms. The number of hydrogen-bond donors (Lipinski definition) is 0. The van der Waals surface area contributed by atoms with E-state index in [0.717, 1.165) is 67.0 Å². The summed E-state index contributed by atoms with van der Waals surface area (Å²) in [4.78, 5) is 14.8. The van der Waals surface area contributed by atoms with Crippen LogP contribution in [0, 0.1) is 0 Å². The molecule has 0 unspecified atom stereocenters. The molecular formula is C38H54O7S. The second kappa shape index (κ2) is 19.4. The Balaban J connectivity index is 1.78. The zero-order valence-electron chi connectivity index (χ0n) is 28.5. The molecule has 3 aromatic rings. The maximum atomic E-state index is 14.2. The fourth-order valence-electron chi connectivity index (χ4n) is 5.67. The van der Waals surface area contributed by atoms with Crippen molar-refractivity contribution >= 4 is 27.2 Å². The van der Waals surface area contributed by atoms with Crippen molar-refractivity contribution in [1.82, 2.24) is 0 Å². The summed E-state index contributed by atoms with van der Waals surface area (Å²) in [5.74, 6) is 1.04. The van der Waals surface area contributed by atoms with Crippen LogP contribution >= 0.6 is 11.3 Å². The highest BCUT2D eigenvalue weighted by molar-refractivity contribution is 7.21. The minimum Gasteiger partial charge on any atom is -0.496 e. The second-order valence-electron chi connectivity index (χ2n) is 12.1. The first-order valence-corrected chi connectivity index (χ1v) is 18.2. The van der Waals surface area contributed by atoms with Gasteiger partial charge in [0, 0.05) is 42.6 Å². The quantitative estimate of drug-likeness (QED) is 0.0837. The van der Waals surface area contributed by atoms with Crippen molar-refractivity contribution in [1.29, 1.82) is 0 Å². The first-order valence-electron chi connectivity index (χ1n) is 17.4. The van der Waals surface area contributed by atoms with E-state index >= 15 is 0 Å². The molecule has 0 amide bonds. The summed E-state index contributed by atoms with van der Waals surface area (Å²) >= 11 is 1.49. The molecule has 46 heavy (non-hydrogen) atoms. The summed E-state index contributed by atoms with van der Waals surface area (Å²) in [6.45, 7) is 11.6. The summed E-state index contributed by atoms with van der Waals surface area (Å²) in [5.41, 5.74) is 1.26. The fraction of sp³-hybridized carbons (Fsp3) is 0.605. The predicted molar refractivity (Wildman–Crippen MR) is 186 cm³/mol. The van der Waals surface area contributed by atoms with Crippen molar-refractivity contribution in [2.75, 3.05) is 40.1 Å². The topological polar surface area (TPSA) is 72.5 Å². The van der Waals surface area contributed by atoms with Crippen molar-refractivity contribution in [2.45, 2.75) is 110 Å². The molecule has 1 saturated heterocycles. The number of ether oxygens (including phenoxy) is 6. The van der Waals surface area contributed by atoms with Crippen LogP contribution in [-0.2, 0) is 18.9 Å². The highest BCUT2D eigenvalue weighted by atomic mass is 32.1. The van der Waals surface area contributed by atoms with Gasteiger partial charge in [-0.2, -0.15) is 0 Å². The lowest BCUT2D eigenvalue weighted by molar-refractivity contribution is -0.213. The van der Waals surface area contributed by atoms with Crippen LogP contribution in [0.15, 0.2) is 42.5 Å². The molecule has 8 heteroatoms. The number of fused-ring (bicyclic) bond motifs is 1. The second-order valence-corrected chi connectivity index (χ2v) is 13.1. The zero-order valence-corrected chi connectivity index (χ0v) is 29.3. The lowest BCUT2D eigenvalue weighted by atomic mass is 9.90. The number of hydrogen-bond acceptors (Lipinski definition) is 8. The van der Waals surface area contributed by atoms with Crippen molar-refractivity contribution < 1.29 is 33.2 Å². The van der Waals surface area contributed by atoms with Crippen molar-refractivity contribution in [2.24, 2.45) is 0 Å². The van der Waals surface area contributed by atoms with E-state index in [1.165, 1.54) is 11.3 Å². The molecule has 0 aliphatic carbocycles. The van der Waals surface area contributed by atoms with Crippen molar-refractivity contribution in [3.05, 3.63) is 58.5 Å². The standard InChI is InChI=1S/C38H54O7S/c1-6-10-18-41-26-28-23-33(43-20-12-8-3)38(44-21-13-9-4)37(45-28)30-24-29(31(40-5)25-32(30)42-19-11-7-2)36(39)35-22-27-16-14-15-17-34(27)46-35/h14-17,22,24-25,28,33,37-38H,6-13,18-21,23,26H2,1-5H3/t28-,33-,37-,38+/m0/s1. The Hall–Kier alpha value is -2.49.